The van der Waals surface area contributed by atoms with Gasteiger partial charge in [-0.25, -0.2) is 9.07 Å². The first-order chi connectivity index (χ1) is 9.02. The second-order valence-corrected chi connectivity index (χ2v) is 5.21. The average Bonchev–Trinajstić information content (AvgIpc) is 2.82. The molecule has 100 valence electrons. The van der Waals surface area contributed by atoms with Gasteiger partial charge in [-0.2, -0.15) is 5.10 Å². The lowest BCUT2D eigenvalue weighted by molar-refractivity contribution is 0.102. The van der Waals surface area contributed by atoms with Crippen molar-refractivity contribution in [3.05, 3.63) is 44.9 Å². The van der Waals surface area contributed by atoms with Crippen molar-refractivity contribution in [3.63, 3.8) is 0 Å². The predicted molar refractivity (Wildman–Crippen MR) is 79.7 cm³/mol. The van der Waals surface area contributed by atoms with Crippen LogP contribution in [0, 0.1) is 16.3 Å². The van der Waals surface area contributed by atoms with Gasteiger partial charge in [-0.1, -0.05) is 0 Å². The maximum absolute atomic E-state index is 13.6. The second kappa shape index (κ2) is 5.68. The number of rotatable bonds is 3. The van der Waals surface area contributed by atoms with Gasteiger partial charge in [0.05, 0.1) is 6.20 Å². The molecule has 6 heteroatoms. The molecule has 0 unspecified atom stereocenters. The number of nitrogens with zero attached hydrogens (tertiary/aromatic N) is 2. The summed E-state index contributed by atoms with van der Waals surface area (Å²) >= 11 is 2.02. The molecule has 1 N–H and O–H groups in total. The van der Waals surface area contributed by atoms with Crippen LogP contribution < -0.4 is 5.32 Å². The van der Waals surface area contributed by atoms with E-state index in [1.165, 1.54) is 6.07 Å². The van der Waals surface area contributed by atoms with Crippen LogP contribution in [-0.2, 0) is 6.54 Å². The van der Waals surface area contributed by atoms with Gasteiger partial charge in [0.1, 0.15) is 11.6 Å². The third kappa shape index (κ3) is 2.94. The fourth-order valence-electron chi connectivity index (χ4n) is 1.66. The molecule has 0 aliphatic carbocycles. The van der Waals surface area contributed by atoms with E-state index in [0.717, 1.165) is 3.57 Å². The first-order valence-electron chi connectivity index (χ1n) is 5.81. The maximum atomic E-state index is 13.6. The van der Waals surface area contributed by atoms with Crippen molar-refractivity contribution in [2.75, 3.05) is 5.32 Å². The van der Waals surface area contributed by atoms with E-state index in [1.807, 2.05) is 29.5 Å². The summed E-state index contributed by atoms with van der Waals surface area (Å²) in [6, 6.07) is 4.62. The van der Waals surface area contributed by atoms with Crippen molar-refractivity contribution in [3.8, 4) is 0 Å². The van der Waals surface area contributed by atoms with Gasteiger partial charge in [-0.3, -0.25) is 4.79 Å². The SMILES string of the molecule is CCn1nccc1NC(=O)c1cc(F)c(C)c(I)c1. The average molecular weight is 373 g/mol. The fourth-order valence-corrected chi connectivity index (χ4v) is 2.25. The Hall–Kier alpha value is -1.44. The van der Waals surface area contributed by atoms with Crippen LogP contribution in [0.2, 0.25) is 0 Å². The molecule has 0 aliphatic rings. The molecule has 1 aromatic heterocycles. The summed E-state index contributed by atoms with van der Waals surface area (Å²) in [5.41, 5.74) is 0.854. The number of carbonyl (C=O) groups excluding carboxylic acids is 1. The summed E-state index contributed by atoms with van der Waals surface area (Å²) in [6.45, 7) is 4.27. The Balaban J connectivity index is 2.26. The van der Waals surface area contributed by atoms with Gasteiger partial charge < -0.3 is 5.32 Å². The van der Waals surface area contributed by atoms with Crippen LogP contribution in [0.5, 0.6) is 0 Å². The lowest BCUT2D eigenvalue weighted by Crippen LogP contribution is -2.16. The molecular formula is C13H13FIN3O. The van der Waals surface area contributed by atoms with Crippen molar-refractivity contribution in [2.24, 2.45) is 0 Å². The molecule has 1 aromatic carbocycles. The Kier molecular flexibility index (Phi) is 4.18. The van der Waals surface area contributed by atoms with Gasteiger partial charge in [0, 0.05) is 21.7 Å². The normalized spacial score (nSPS) is 10.5. The molecule has 4 nitrogen and oxygen atoms in total. The molecule has 0 radical (unpaired) electrons. The van der Waals surface area contributed by atoms with Crippen molar-refractivity contribution in [1.29, 1.82) is 0 Å². The van der Waals surface area contributed by atoms with Gasteiger partial charge in [0.2, 0.25) is 0 Å². The summed E-state index contributed by atoms with van der Waals surface area (Å²) in [5.74, 6) is -0.114. The maximum Gasteiger partial charge on any atom is 0.256 e. The number of benzene rings is 1. The highest BCUT2D eigenvalue weighted by Crippen LogP contribution is 2.18. The lowest BCUT2D eigenvalue weighted by atomic mass is 10.1. The zero-order chi connectivity index (χ0) is 14.0. The minimum atomic E-state index is -0.374. The van der Waals surface area contributed by atoms with E-state index in [-0.39, 0.29) is 11.7 Å². The van der Waals surface area contributed by atoms with Gasteiger partial charge in [0.15, 0.2) is 0 Å². The molecule has 0 atom stereocenters. The van der Waals surface area contributed by atoms with Crippen LogP contribution in [0.4, 0.5) is 10.2 Å². The quantitative estimate of drug-likeness (QED) is 0.840. The second-order valence-electron chi connectivity index (χ2n) is 4.05. The van der Waals surface area contributed by atoms with Crippen LogP contribution >= 0.6 is 22.6 Å². The van der Waals surface area contributed by atoms with E-state index in [4.69, 9.17) is 0 Å². The van der Waals surface area contributed by atoms with E-state index in [0.29, 0.717) is 23.5 Å². The molecule has 0 saturated carbocycles. The standard InChI is InChI=1S/C13H13FIN3O/c1-3-18-12(4-5-16-18)17-13(19)9-6-10(14)8(2)11(15)7-9/h4-7H,3H2,1-2H3,(H,17,19). The molecule has 19 heavy (non-hydrogen) atoms. The van der Waals surface area contributed by atoms with Crippen LogP contribution in [0.1, 0.15) is 22.8 Å². The van der Waals surface area contributed by atoms with Crippen molar-refractivity contribution >= 4 is 34.3 Å². The third-order valence-electron chi connectivity index (χ3n) is 2.80. The minimum absolute atomic E-state index is 0.302. The van der Waals surface area contributed by atoms with Gasteiger partial charge in [0.25, 0.3) is 5.91 Å². The summed E-state index contributed by atoms with van der Waals surface area (Å²) < 4.78 is 16.0. The van der Waals surface area contributed by atoms with Gasteiger partial charge in [-0.05, 0) is 54.1 Å². The Bertz CT molecular complexity index is 601. The number of carbonyl (C=O) groups is 1. The minimum Gasteiger partial charge on any atom is -0.307 e. The molecule has 0 spiro atoms. The van der Waals surface area contributed by atoms with Crippen molar-refractivity contribution in [2.45, 2.75) is 20.4 Å². The summed E-state index contributed by atoms with van der Waals surface area (Å²) in [7, 11) is 0. The number of hydrogen-bond acceptors (Lipinski definition) is 2. The smallest absolute Gasteiger partial charge is 0.256 e. The summed E-state index contributed by atoms with van der Waals surface area (Å²) in [4.78, 5) is 12.1. The first kappa shape index (κ1) is 14.0. The van der Waals surface area contributed by atoms with E-state index < -0.39 is 0 Å². The number of nitrogens with one attached hydrogen (secondary N) is 1. The molecule has 0 saturated heterocycles. The number of aryl methyl sites for hydroxylation is 1. The van der Waals surface area contributed by atoms with Crippen LogP contribution in [0.25, 0.3) is 0 Å². The molecule has 1 heterocycles. The largest absolute Gasteiger partial charge is 0.307 e. The van der Waals surface area contributed by atoms with Gasteiger partial charge >= 0.3 is 0 Å². The highest BCUT2D eigenvalue weighted by Gasteiger charge is 2.13. The lowest BCUT2D eigenvalue weighted by Gasteiger charge is -2.08. The number of anilines is 1. The zero-order valence-corrected chi connectivity index (χ0v) is 12.7. The summed E-state index contributed by atoms with van der Waals surface area (Å²) in [6.07, 6.45) is 1.61. The number of hydrogen-bond donors (Lipinski definition) is 1. The third-order valence-corrected chi connectivity index (χ3v) is 3.92. The van der Waals surface area contributed by atoms with E-state index in [2.05, 4.69) is 10.4 Å². The van der Waals surface area contributed by atoms with E-state index in [9.17, 15) is 9.18 Å². The Morgan fingerprint density at radius 2 is 2.26 bits per heavy atom. The molecule has 2 aromatic rings. The molecule has 1 amide bonds. The van der Waals surface area contributed by atoms with Crippen molar-refractivity contribution in [1.82, 2.24) is 9.78 Å². The van der Waals surface area contributed by atoms with E-state index in [1.54, 1.807) is 29.9 Å². The zero-order valence-electron chi connectivity index (χ0n) is 10.6. The fraction of sp³-hybridized carbons (Fsp3) is 0.231. The Morgan fingerprint density at radius 1 is 1.53 bits per heavy atom. The topological polar surface area (TPSA) is 46.9 Å². The number of amides is 1. The van der Waals surface area contributed by atoms with Crippen LogP contribution in [-0.4, -0.2) is 15.7 Å². The number of halogens is 2. The number of aromatic nitrogens is 2. The van der Waals surface area contributed by atoms with Crippen molar-refractivity contribution < 1.29 is 9.18 Å². The molecule has 0 fully saturated rings. The molecule has 0 bridgehead atoms. The Labute approximate surface area is 124 Å². The monoisotopic (exact) mass is 373 g/mol. The van der Waals surface area contributed by atoms with E-state index >= 15 is 0 Å². The van der Waals surface area contributed by atoms with Crippen LogP contribution in [0.15, 0.2) is 24.4 Å². The molecule has 2 rings (SSSR count). The molecule has 0 aliphatic heterocycles. The van der Waals surface area contributed by atoms with Crippen LogP contribution in [0.3, 0.4) is 0 Å². The first-order valence-corrected chi connectivity index (χ1v) is 6.89. The highest BCUT2D eigenvalue weighted by molar-refractivity contribution is 14.1. The summed E-state index contributed by atoms with van der Waals surface area (Å²) in [5, 5.41) is 6.78. The highest BCUT2D eigenvalue weighted by atomic mass is 127. The Morgan fingerprint density at radius 3 is 2.89 bits per heavy atom. The molecular weight excluding hydrogens is 360 g/mol. The van der Waals surface area contributed by atoms with Gasteiger partial charge in [-0.15, -0.1) is 0 Å². The predicted octanol–water partition coefficient (Wildman–Crippen LogP) is 3.21.